The lowest BCUT2D eigenvalue weighted by Gasteiger charge is -2.24. The number of benzene rings is 3. The van der Waals surface area contributed by atoms with Crippen molar-refractivity contribution in [1.82, 2.24) is 9.88 Å². The fraction of sp³-hybridized carbons (Fsp3) is 0.222. The Morgan fingerprint density at radius 2 is 1.78 bits per heavy atom. The van der Waals surface area contributed by atoms with Gasteiger partial charge in [-0.1, -0.05) is 67.1 Å². The topological polar surface area (TPSA) is 66.7 Å². The van der Waals surface area contributed by atoms with Crippen LogP contribution in [0.2, 0.25) is 5.02 Å². The molecule has 1 amide bonds. The van der Waals surface area contributed by atoms with Gasteiger partial charge >= 0.3 is 5.63 Å². The van der Waals surface area contributed by atoms with Crippen molar-refractivity contribution >= 4 is 78.3 Å². The van der Waals surface area contributed by atoms with Gasteiger partial charge in [-0.2, -0.15) is 0 Å². The molecule has 0 bridgehead atoms. The third-order valence-corrected chi connectivity index (χ3v) is 7.50. The maximum atomic E-state index is 13.9. The van der Waals surface area contributed by atoms with Crippen molar-refractivity contribution in [3.8, 4) is 0 Å². The van der Waals surface area contributed by atoms with Gasteiger partial charge in [0, 0.05) is 23.5 Å². The van der Waals surface area contributed by atoms with Gasteiger partial charge in [-0.15, -0.1) is 12.4 Å². The molecule has 0 atom stereocenters. The van der Waals surface area contributed by atoms with Gasteiger partial charge in [0.2, 0.25) is 0 Å². The second-order valence-corrected chi connectivity index (χ2v) is 9.68. The second-order valence-electron chi connectivity index (χ2n) is 8.24. The zero-order chi connectivity index (χ0) is 24.5. The quantitative estimate of drug-likeness (QED) is 0.171. The Morgan fingerprint density at radius 1 is 1.00 bits per heavy atom. The fourth-order valence-electron chi connectivity index (χ4n) is 4.23. The number of thiazole rings is 1. The van der Waals surface area contributed by atoms with Crippen LogP contribution in [0.4, 0.5) is 5.13 Å². The van der Waals surface area contributed by atoms with Crippen LogP contribution in [0.15, 0.2) is 69.9 Å². The van der Waals surface area contributed by atoms with Crippen molar-refractivity contribution < 1.29 is 9.21 Å². The van der Waals surface area contributed by atoms with Crippen LogP contribution in [0.3, 0.4) is 0 Å². The minimum Gasteiger partial charge on any atom is -0.422 e. The van der Waals surface area contributed by atoms with Gasteiger partial charge < -0.3 is 9.32 Å². The van der Waals surface area contributed by atoms with Crippen LogP contribution in [-0.4, -0.2) is 42.0 Å². The van der Waals surface area contributed by atoms with Gasteiger partial charge in [-0.25, -0.2) is 9.78 Å². The molecule has 0 fully saturated rings. The molecule has 3 aromatic carbocycles. The second kappa shape index (κ2) is 11.0. The van der Waals surface area contributed by atoms with Crippen LogP contribution in [0.1, 0.15) is 24.2 Å². The Labute approximate surface area is 223 Å². The zero-order valence-electron chi connectivity index (χ0n) is 19.9. The summed E-state index contributed by atoms with van der Waals surface area (Å²) >= 11 is 7.55. The van der Waals surface area contributed by atoms with E-state index in [0.29, 0.717) is 28.8 Å². The highest BCUT2D eigenvalue weighted by Gasteiger charge is 2.25. The number of amides is 1. The first-order valence-electron chi connectivity index (χ1n) is 11.5. The van der Waals surface area contributed by atoms with E-state index in [9.17, 15) is 9.59 Å². The molecule has 36 heavy (non-hydrogen) atoms. The molecule has 6 nitrogen and oxygen atoms in total. The number of carbonyl (C=O) groups excluding carboxylic acids is 1. The van der Waals surface area contributed by atoms with Crippen LogP contribution in [-0.2, 0) is 0 Å². The average molecular weight is 542 g/mol. The van der Waals surface area contributed by atoms with Crippen molar-refractivity contribution in [2.45, 2.75) is 13.8 Å². The normalized spacial score (nSPS) is 11.3. The smallest absolute Gasteiger partial charge is 0.349 e. The van der Waals surface area contributed by atoms with Crippen LogP contribution in [0.25, 0.3) is 32.0 Å². The first kappa shape index (κ1) is 26.1. The molecule has 0 saturated carbocycles. The third kappa shape index (κ3) is 4.97. The summed E-state index contributed by atoms with van der Waals surface area (Å²) < 4.78 is 6.48. The monoisotopic (exact) mass is 541 g/mol. The van der Waals surface area contributed by atoms with Crippen LogP contribution in [0.5, 0.6) is 0 Å². The van der Waals surface area contributed by atoms with E-state index in [2.05, 4.69) is 23.7 Å². The lowest BCUT2D eigenvalue weighted by molar-refractivity contribution is 0.0980. The van der Waals surface area contributed by atoms with Crippen molar-refractivity contribution in [1.29, 1.82) is 0 Å². The van der Waals surface area contributed by atoms with Gasteiger partial charge in [0.25, 0.3) is 5.91 Å². The van der Waals surface area contributed by atoms with E-state index < -0.39 is 11.5 Å². The van der Waals surface area contributed by atoms with Crippen molar-refractivity contribution in [3.63, 3.8) is 0 Å². The van der Waals surface area contributed by atoms with E-state index in [1.54, 1.807) is 23.1 Å². The minimum atomic E-state index is -0.658. The molecular weight excluding hydrogens is 517 g/mol. The Hall–Kier alpha value is -2.97. The molecule has 5 rings (SSSR count). The highest BCUT2D eigenvalue weighted by molar-refractivity contribution is 7.22. The molecule has 9 heteroatoms. The summed E-state index contributed by atoms with van der Waals surface area (Å²) in [6.07, 6.45) is 0. The predicted octanol–water partition coefficient (Wildman–Crippen LogP) is 6.62. The van der Waals surface area contributed by atoms with Crippen molar-refractivity contribution in [2.75, 3.05) is 31.1 Å². The summed E-state index contributed by atoms with van der Waals surface area (Å²) in [7, 11) is 0. The van der Waals surface area contributed by atoms with Crippen molar-refractivity contribution in [2.24, 2.45) is 0 Å². The molecule has 186 valence electrons. The maximum absolute atomic E-state index is 13.9. The summed E-state index contributed by atoms with van der Waals surface area (Å²) in [6, 6.07) is 18.6. The molecule has 2 aromatic heterocycles. The maximum Gasteiger partial charge on any atom is 0.349 e. The summed E-state index contributed by atoms with van der Waals surface area (Å²) in [6.45, 7) is 6.92. The van der Waals surface area contributed by atoms with Gasteiger partial charge in [0.05, 0.1) is 10.2 Å². The number of nitrogens with zero attached hydrogens (tertiary/aromatic N) is 3. The first-order valence-corrected chi connectivity index (χ1v) is 12.7. The summed E-state index contributed by atoms with van der Waals surface area (Å²) in [5.41, 5.74) is 0.543. The van der Waals surface area contributed by atoms with Gasteiger partial charge in [-0.05, 0) is 54.2 Å². The molecule has 0 radical (unpaired) electrons. The summed E-state index contributed by atoms with van der Waals surface area (Å²) in [4.78, 5) is 35.3. The molecule has 5 aromatic rings. The number of likely N-dealkylation sites (N-methyl/N-ethyl adjacent to an activating group) is 1. The Balaban J connectivity index is 0.00000304. The molecule has 0 N–H and O–H groups in total. The molecule has 0 aliphatic rings. The van der Waals surface area contributed by atoms with Crippen LogP contribution >= 0.6 is 35.3 Å². The molecule has 0 aliphatic carbocycles. The largest absolute Gasteiger partial charge is 0.422 e. The zero-order valence-corrected chi connectivity index (χ0v) is 22.3. The Bertz CT molecular complexity index is 1610. The number of anilines is 1. The molecule has 0 unspecified atom stereocenters. The van der Waals surface area contributed by atoms with Gasteiger partial charge in [0.15, 0.2) is 5.13 Å². The molecule has 0 spiro atoms. The SMILES string of the molecule is CCN(CC)CCN(C(=O)c1cc2c(ccc3ccccc32)oc1=O)c1nc2ccc(Cl)cc2s1.Cl. The highest BCUT2D eigenvalue weighted by Crippen LogP contribution is 2.32. The van der Waals surface area contributed by atoms with E-state index in [-0.39, 0.29) is 18.0 Å². The Morgan fingerprint density at radius 3 is 2.56 bits per heavy atom. The highest BCUT2D eigenvalue weighted by atomic mass is 35.5. The standard InChI is InChI=1S/C27H24ClN3O3S.ClH/c1-3-30(4-2)13-14-31(27-29-22-11-10-18(28)15-24(22)35-27)25(32)21-16-20-19-8-6-5-7-17(19)9-12-23(20)34-26(21)33;/h5-12,15-16H,3-4,13-14H2,1-2H3;1H. The number of hydrogen-bond donors (Lipinski definition) is 0. The molecule has 0 saturated heterocycles. The first-order chi connectivity index (χ1) is 17.0. The Kier molecular flexibility index (Phi) is 7.95. The van der Waals surface area contributed by atoms with E-state index >= 15 is 0 Å². The lowest BCUT2D eigenvalue weighted by Crippen LogP contribution is -2.40. The minimum absolute atomic E-state index is 0. The van der Waals surface area contributed by atoms with Crippen molar-refractivity contribution in [3.05, 3.63) is 81.7 Å². The number of carbonyl (C=O) groups is 1. The number of hydrogen-bond acceptors (Lipinski definition) is 6. The number of rotatable bonds is 7. The van der Waals surface area contributed by atoms with Gasteiger partial charge in [-0.3, -0.25) is 9.69 Å². The number of aromatic nitrogens is 1. The summed E-state index contributed by atoms with van der Waals surface area (Å²) in [5.74, 6) is -0.425. The lowest BCUT2D eigenvalue weighted by atomic mass is 10.0. The number of halogens is 2. The van der Waals surface area contributed by atoms with E-state index in [1.807, 2.05) is 42.5 Å². The molecular formula is C27H25Cl2N3O3S. The van der Waals surface area contributed by atoms with Crippen LogP contribution in [0, 0.1) is 0 Å². The predicted molar refractivity (Wildman–Crippen MR) is 151 cm³/mol. The third-order valence-electron chi connectivity index (χ3n) is 6.22. The number of fused-ring (bicyclic) bond motifs is 4. The molecule has 0 aliphatic heterocycles. The van der Waals surface area contributed by atoms with E-state index in [1.165, 1.54) is 11.3 Å². The molecule has 2 heterocycles. The summed E-state index contributed by atoms with van der Waals surface area (Å²) in [5, 5.41) is 3.79. The van der Waals surface area contributed by atoms with E-state index in [0.717, 1.165) is 39.5 Å². The van der Waals surface area contributed by atoms with E-state index in [4.69, 9.17) is 16.0 Å². The fourth-order valence-corrected chi connectivity index (χ4v) is 5.50. The van der Waals surface area contributed by atoms with Crippen LogP contribution < -0.4 is 10.5 Å². The average Bonchev–Trinajstić information content (AvgIpc) is 3.28. The van der Waals surface area contributed by atoms with Gasteiger partial charge in [0.1, 0.15) is 11.1 Å².